The van der Waals surface area contributed by atoms with Crippen molar-refractivity contribution >= 4 is 11.5 Å². The van der Waals surface area contributed by atoms with Gasteiger partial charge >= 0.3 is 6.36 Å². The van der Waals surface area contributed by atoms with Gasteiger partial charge in [-0.25, -0.2) is 9.50 Å². The smallest absolute Gasteiger partial charge is 0.406 e. The molecule has 1 saturated heterocycles. The maximum absolute atomic E-state index is 12.5. The lowest BCUT2D eigenvalue weighted by atomic mass is 10.1. The summed E-state index contributed by atoms with van der Waals surface area (Å²) in [7, 11) is 0. The van der Waals surface area contributed by atoms with Crippen LogP contribution >= 0.6 is 0 Å². The van der Waals surface area contributed by atoms with E-state index < -0.39 is 6.36 Å². The van der Waals surface area contributed by atoms with Gasteiger partial charge in [0.2, 0.25) is 0 Å². The molecule has 3 aromatic rings. The van der Waals surface area contributed by atoms with E-state index in [2.05, 4.69) is 19.7 Å². The summed E-state index contributed by atoms with van der Waals surface area (Å²) in [6.07, 6.45) is -1.17. The van der Waals surface area contributed by atoms with Gasteiger partial charge in [-0.2, -0.15) is 0 Å². The Morgan fingerprint density at radius 1 is 1.19 bits per heavy atom. The second-order valence-electron chi connectivity index (χ2n) is 6.53. The van der Waals surface area contributed by atoms with Crippen LogP contribution < -0.4 is 15.4 Å². The number of nitrogens with two attached hydrogens (primary N) is 1. The van der Waals surface area contributed by atoms with Crippen LogP contribution in [0.2, 0.25) is 0 Å². The zero-order chi connectivity index (χ0) is 19.0. The number of nitrogens with zero attached hydrogens (tertiary/aromatic N) is 4. The molecule has 0 unspecified atom stereocenters. The quantitative estimate of drug-likeness (QED) is 0.759. The predicted molar refractivity (Wildman–Crippen MR) is 94.5 cm³/mol. The van der Waals surface area contributed by atoms with Gasteiger partial charge in [-0.3, -0.25) is 0 Å². The topological polar surface area (TPSA) is 68.7 Å². The molecular formula is C18H18F3N5O. The lowest BCUT2D eigenvalue weighted by molar-refractivity contribution is -0.274. The molecule has 0 amide bonds. The van der Waals surface area contributed by atoms with Crippen molar-refractivity contribution in [3.05, 3.63) is 42.6 Å². The monoisotopic (exact) mass is 377 g/mol. The fourth-order valence-electron chi connectivity index (χ4n) is 3.30. The molecule has 1 aliphatic heterocycles. The maximum Gasteiger partial charge on any atom is 0.573 e. The summed E-state index contributed by atoms with van der Waals surface area (Å²) in [5.41, 5.74) is 7.77. The highest BCUT2D eigenvalue weighted by Crippen LogP contribution is 2.29. The fraction of sp³-hybridized carbons (Fsp3) is 0.333. The van der Waals surface area contributed by atoms with E-state index in [0.29, 0.717) is 16.9 Å². The maximum atomic E-state index is 12.5. The van der Waals surface area contributed by atoms with Gasteiger partial charge in [-0.15, -0.1) is 18.3 Å². The number of halogens is 3. The van der Waals surface area contributed by atoms with Crippen molar-refractivity contribution in [2.75, 3.05) is 18.0 Å². The number of hydrogen-bond donors (Lipinski definition) is 1. The molecule has 3 heterocycles. The van der Waals surface area contributed by atoms with E-state index in [1.165, 1.54) is 18.2 Å². The summed E-state index contributed by atoms with van der Waals surface area (Å²) in [6, 6.07) is 9.60. The molecule has 1 fully saturated rings. The van der Waals surface area contributed by atoms with Gasteiger partial charge in [-0.05, 0) is 37.1 Å². The third-order valence-corrected chi connectivity index (χ3v) is 4.49. The van der Waals surface area contributed by atoms with Crippen LogP contribution in [0.5, 0.6) is 5.75 Å². The third-order valence-electron chi connectivity index (χ3n) is 4.49. The number of aromatic nitrogens is 3. The molecule has 6 nitrogen and oxygen atoms in total. The number of rotatable bonds is 3. The Morgan fingerprint density at radius 3 is 2.81 bits per heavy atom. The molecule has 2 N–H and O–H groups in total. The lowest BCUT2D eigenvalue weighted by Crippen LogP contribution is -2.43. The van der Waals surface area contributed by atoms with Crippen molar-refractivity contribution in [2.45, 2.75) is 25.2 Å². The fourth-order valence-corrected chi connectivity index (χ4v) is 3.30. The molecule has 2 aromatic heterocycles. The first kappa shape index (κ1) is 17.6. The van der Waals surface area contributed by atoms with Gasteiger partial charge in [0.05, 0.1) is 11.9 Å². The minimum Gasteiger partial charge on any atom is -0.406 e. The number of hydrogen-bond acceptors (Lipinski definition) is 5. The number of benzene rings is 1. The van der Waals surface area contributed by atoms with Crippen molar-refractivity contribution in [3.63, 3.8) is 0 Å². The first-order chi connectivity index (χ1) is 12.9. The number of anilines is 1. The molecule has 1 atom stereocenters. The summed E-state index contributed by atoms with van der Waals surface area (Å²) < 4.78 is 43.1. The Morgan fingerprint density at radius 2 is 2.04 bits per heavy atom. The summed E-state index contributed by atoms with van der Waals surface area (Å²) in [6.45, 7) is 1.59. The van der Waals surface area contributed by atoms with E-state index in [9.17, 15) is 13.2 Å². The minimum absolute atomic E-state index is 0.106. The van der Waals surface area contributed by atoms with Crippen LogP contribution in [0.4, 0.5) is 19.0 Å². The van der Waals surface area contributed by atoms with Crippen LogP contribution in [0, 0.1) is 0 Å². The number of ether oxygens (including phenoxy) is 1. The summed E-state index contributed by atoms with van der Waals surface area (Å²) >= 11 is 0. The van der Waals surface area contributed by atoms with Crippen LogP contribution in [-0.4, -0.2) is 40.1 Å². The van der Waals surface area contributed by atoms with Crippen LogP contribution in [0.25, 0.3) is 16.9 Å². The Hall–Kier alpha value is -2.81. The average molecular weight is 377 g/mol. The van der Waals surface area contributed by atoms with Gasteiger partial charge in [0, 0.05) is 24.7 Å². The molecule has 9 heteroatoms. The summed E-state index contributed by atoms with van der Waals surface area (Å²) in [5, 5.41) is 4.64. The van der Waals surface area contributed by atoms with E-state index in [0.717, 1.165) is 31.7 Å². The van der Waals surface area contributed by atoms with Crippen LogP contribution in [0.1, 0.15) is 12.8 Å². The third kappa shape index (κ3) is 3.82. The molecule has 0 radical (unpaired) electrons. The molecule has 0 bridgehead atoms. The highest BCUT2D eigenvalue weighted by atomic mass is 19.4. The predicted octanol–water partition coefficient (Wildman–Crippen LogP) is 3.22. The van der Waals surface area contributed by atoms with Crippen molar-refractivity contribution < 1.29 is 17.9 Å². The lowest BCUT2D eigenvalue weighted by Gasteiger charge is -2.31. The molecule has 142 valence electrons. The molecule has 1 aromatic carbocycles. The molecule has 1 aliphatic rings. The molecule has 0 spiro atoms. The molecule has 0 aliphatic carbocycles. The zero-order valence-corrected chi connectivity index (χ0v) is 14.4. The van der Waals surface area contributed by atoms with Gasteiger partial charge in [0.1, 0.15) is 11.6 Å². The van der Waals surface area contributed by atoms with Crippen LogP contribution in [-0.2, 0) is 0 Å². The molecule has 27 heavy (non-hydrogen) atoms. The Balaban J connectivity index is 1.70. The van der Waals surface area contributed by atoms with E-state index in [4.69, 9.17) is 5.73 Å². The second-order valence-corrected chi connectivity index (χ2v) is 6.53. The summed E-state index contributed by atoms with van der Waals surface area (Å²) in [4.78, 5) is 6.41. The second kappa shape index (κ2) is 6.73. The Kier molecular flexibility index (Phi) is 4.39. The number of fused-ring (bicyclic) bond motifs is 1. The van der Waals surface area contributed by atoms with Gasteiger partial charge in [-0.1, -0.05) is 12.1 Å². The number of alkyl halides is 3. The van der Waals surface area contributed by atoms with Crippen molar-refractivity contribution in [1.29, 1.82) is 0 Å². The van der Waals surface area contributed by atoms with Gasteiger partial charge < -0.3 is 15.4 Å². The van der Waals surface area contributed by atoms with E-state index in [-0.39, 0.29) is 11.8 Å². The number of imidazole rings is 1. The SMILES string of the molecule is N[C@H]1CCCN(c2ccc3ncc(-c4cccc(OC(F)(F)F)c4)n3n2)C1. The first-order valence-corrected chi connectivity index (χ1v) is 8.60. The standard InChI is InChI=1S/C18H18F3N5O/c19-18(20,21)27-14-5-1-3-12(9-14)15-10-23-16-6-7-17(24-26(15)16)25-8-2-4-13(22)11-25/h1,3,5-7,9-10,13H,2,4,8,11,22H2/t13-/m0/s1. The van der Waals surface area contributed by atoms with E-state index >= 15 is 0 Å². The van der Waals surface area contributed by atoms with E-state index in [1.807, 2.05) is 12.1 Å². The minimum atomic E-state index is -4.74. The van der Waals surface area contributed by atoms with Crippen LogP contribution in [0.3, 0.4) is 0 Å². The van der Waals surface area contributed by atoms with Crippen molar-refractivity contribution in [3.8, 4) is 17.0 Å². The Bertz CT molecular complexity index is 956. The zero-order valence-electron chi connectivity index (χ0n) is 14.4. The molecule has 0 saturated carbocycles. The normalized spacial score (nSPS) is 18.1. The molecule has 4 rings (SSSR count). The summed E-state index contributed by atoms with van der Waals surface area (Å²) in [5.74, 6) is 0.479. The van der Waals surface area contributed by atoms with E-state index in [1.54, 1.807) is 16.8 Å². The highest BCUT2D eigenvalue weighted by molar-refractivity contribution is 5.65. The van der Waals surface area contributed by atoms with Crippen molar-refractivity contribution in [1.82, 2.24) is 14.6 Å². The van der Waals surface area contributed by atoms with Gasteiger partial charge in [0.25, 0.3) is 0 Å². The molecular weight excluding hydrogens is 359 g/mol. The first-order valence-electron chi connectivity index (χ1n) is 8.60. The van der Waals surface area contributed by atoms with Crippen molar-refractivity contribution in [2.24, 2.45) is 5.73 Å². The van der Waals surface area contributed by atoms with Crippen LogP contribution in [0.15, 0.2) is 42.6 Å². The average Bonchev–Trinajstić information content (AvgIpc) is 3.03. The largest absolute Gasteiger partial charge is 0.573 e. The Labute approximate surface area is 153 Å². The highest BCUT2D eigenvalue weighted by Gasteiger charge is 2.31. The number of piperidine rings is 1. The van der Waals surface area contributed by atoms with Gasteiger partial charge in [0.15, 0.2) is 5.65 Å².